The lowest BCUT2D eigenvalue weighted by atomic mass is 10.0. The number of aryl methyl sites for hydroxylation is 1. The lowest BCUT2D eigenvalue weighted by Crippen LogP contribution is -2.49. The molecule has 10 heteroatoms. The molecule has 3 rings (SSSR count). The number of hydrogen-bond donors (Lipinski definition) is 1. The van der Waals surface area contributed by atoms with Gasteiger partial charge in [0.1, 0.15) is 6.04 Å². The number of sulfonamides is 1. The standard InChI is InChI=1S/C29H33Cl2N3O4S/c1-21-11-15-25(16-12-21)34(39(3,37)38)17-7-10-28(35)33(20-23-13-14-24(30)19-26(23)31)27(29(36)32-2)18-22-8-5-4-6-9-22/h4-6,8-9,11-16,19,27H,7,10,17-18,20H2,1-3H3,(H,32,36). The van der Waals surface area contributed by atoms with Gasteiger partial charge in [0, 0.05) is 43.0 Å². The fraction of sp³-hybridized carbons (Fsp3) is 0.310. The summed E-state index contributed by atoms with van der Waals surface area (Å²) in [5, 5.41) is 3.53. The molecule has 1 unspecified atom stereocenters. The average Bonchev–Trinajstić information content (AvgIpc) is 2.89. The molecule has 0 aromatic heterocycles. The maximum Gasteiger partial charge on any atom is 0.242 e. The van der Waals surface area contributed by atoms with E-state index in [1.807, 2.05) is 49.4 Å². The van der Waals surface area contributed by atoms with Gasteiger partial charge < -0.3 is 10.2 Å². The lowest BCUT2D eigenvalue weighted by Gasteiger charge is -2.32. The molecule has 0 heterocycles. The van der Waals surface area contributed by atoms with E-state index in [2.05, 4.69) is 5.32 Å². The number of halogens is 2. The monoisotopic (exact) mass is 589 g/mol. The Hall–Kier alpha value is -3.07. The van der Waals surface area contributed by atoms with Crippen LogP contribution in [0.5, 0.6) is 0 Å². The molecule has 0 bridgehead atoms. The summed E-state index contributed by atoms with van der Waals surface area (Å²) < 4.78 is 26.3. The quantitative estimate of drug-likeness (QED) is 0.313. The number of likely N-dealkylation sites (N-methyl/N-ethyl adjacent to an activating group) is 1. The molecule has 2 amide bonds. The number of carbonyl (C=O) groups excluding carboxylic acids is 2. The Labute approximate surface area is 240 Å². The molecular weight excluding hydrogens is 557 g/mol. The first-order valence-electron chi connectivity index (χ1n) is 12.5. The third kappa shape index (κ3) is 8.71. The molecular formula is C29H33Cl2N3O4S. The van der Waals surface area contributed by atoms with Gasteiger partial charge in [0.2, 0.25) is 21.8 Å². The summed E-state index contributed by atoms with van der Waals surface area (Å²) in [4.78, 5) is 28.3. The minimum atomic E-state index is -3.57. The topological polar surface area (TPSA) is 86.8 Å². The van der Waals surface area contributed by atoms with Crippen LogP contribution in [0, 0.1) is 6.92 Å². The van der Waals surface area contributed by atoms with Crippen molar-refractivity contribution in [2.24, 2.45) is 0 Å². The summed E-state index contributed by atoms with van der Waals surface area (Å²) >= 11 is 12.5. The zero-order chi connectivity index (χ0) is 28.6. The van der Waals surface area contributed by atoms with Crippen LogP contribution in [-0.4, -0.2) is 51.0 Å². The molecule has 0 saturated heterocycles. The summed E-state index contributed by atoms with van der Waals surface area (Å²) in [6.07, 6.45) is 1.74. The van der Waals surface area contributed by atoms with Crippen LogP contribution in [0.4, 0.5) is 5.69 Å². The number of nitrogens with one attached hydrogen (secondary N) is 1. The van der Waals surface area contributed by atoms with Crippen LogP contribution in [0.2, 0.25) is 10.0 Å². The van der Waals surface area contributed by atoms with Crippen molar-refractivity contribution in [3.05, 3.63) is 99.5 Å². The maximum absolute atomic E-state index is 13.7. The Morgan fingerprint density at radius 2 is 1.64 bits per heavy atom. The van der Waals surface area contributed by atoms with E-state index in [0.717, 1.165) is 17.4 Å². The predicted octanol–water partition coefficient (Wildman–Crippen LogP) is 5.23. The SMILES string of the molecule is CNC(=O)C(Cc1ccccc1)N(Cc1ccc(Cl)cc1Cl)C(=O)CCCN(c1ccc(C)cc1)S(C)(=O)=O. The highest BCUT2D eigenvalue weighted by molar-refractivity contribution is 7.92. The summed E-state index contributed by atoms with van der Waals surface area (Å²) in [6.45, 7) is 2.13. The first kappa shape index (κ1) is 30.5. The Morgan fingerprint density at radius 1 is 0.974 bits per heavy atom. The fourth-order valence-corrected chi connectivity index (χ4v) is 5.70. The second-order valence-corrected chi connectivity index (χ2v) is 12.1. The molecule has 3 aromatic rings. The van der Waals surface area contributed by atoms with Crippen molar-refractivity contribution >= 4 is 50.7 Å². The highest BCUT2D eigenvalue weighted by Crippen LogP contribution is 2.25. The number of amides is 2. The van der Waals surface area contributed by atoms with Crippen LogP contribution in [0.15, 0.2) is 72.8 Å². The zero-order valence-corrected chi connectivity index (χ0v) is 24.6. The van der Waals surface area contributed by atoms with E-state index in [9.17, 15) is 18.0 Å². The van der Waals surface area contributed by atoms with Crippen LogP contribution in [0.3, 0.4) is 0 Å². The van der Waals surface area contributed by atoms with E-state index < -0.39 is 16.1 Å². The molecule has 0 saturated carbocycles. The number of carbonyl (C=O) groups is 2. The molecule has 0 radical (unpaired) electrons. The van der Waals surface area contributed by atoms with Crippen molar-refractivity contribution in [2.75, 3.05) is 24.2 Å². The predicted molar refractivity (Wildman–Crippen MR) is 158 cm³/mol. The molecule has 0 fully saturated rings. The molecule has 3 aromatic carbocycles. The number of nitrogens with zero attached hydrogens (tertiary/aromatic N) is 2. The van der Waals surface area contributed by atoms with Gasteiger partial charge in [-0.3, -0.25) is 13.9 Å². The molecule has 0 aliphatic rings. The molecule has 1 atom stereocenters. The first-order valence-corrected chi connectivity index (χ1v) is 15.1. The van der Waals surface area contributed by atoms with E-state index in [-0.39, 0.29) is 37.7 Å². The maximum atomic E-state index is 13.7. The number of rotatable bonds is 12. The summed E-state index contributed by atoms with van der Waals surface area (Å²) in [5.74, 6) is -0.599. The van der Waals surface area contributed by atoms with Gasteiger partial charge in [-0.2, -0.15) is 0 Å². The molecule has 7 nitrogen and oxygen atoms in total. The summed E-state index contributed by atoms with van der Waals surface area (Å²) in [5.41, 5.74) is 3.09. The van der Waals surface area contributed by atoms with Gasteiger partial charge in [-0.15, -0.1) is 0 Å². The third-order valence-corrected chi connectivity index (χ3v) is 8.13. The largest absolute Gasteiger partial charge is 0.357 e. The number of hydrogen-bond acceptors (Lipinski definition) is 4. The van der Waals surface area contributed by atoms with E-state index in [1.165, 1.54) is 16.3 Å². The lowest BCUT2D eigenvalue weighted by molar-refractivity contribution is -0.141. The van der Waals surface area contributed by atoms with Crippen molar-refractivity contribution in [1.82, 2.24) is 10.2 Å². The van der Waals surface area contributed by atoms with Gasteiger partial charge >= 0.3 is 0 Å². The second-order valence-electron chi connectivity index (χ2n) is 9.35. The molecule has 39 heavy (non-hydrogen) atoms. The van der Waals surface area contributed by atoms with Crippen LogP contribution >= 0.6 is 23.2 Å². The van der Waals surface area contributed by atoms with E-state index in [1.54, 1.807) is 30.3 Å². The van der Waals surface area contributed by atoms with Gasteiger partial charge in [0.15, 0.2) is 0 Å². The van der Waals surface area contributed by atoms with Crippen LogP contribution in [0.25, 0.3) is 0 Å². The van der Waals surface area contributed by atoms with Gasteiger partial charge in [-0.25, -0.2) is 8.42 Å². The molecule has 0 aliphatic heterocycles. The van der Waals surface area contributed by atoms with E-state index in [0.29, 0.717) is 27.7 Å². The minimum absolute atomic E-state index is 0.0331. The Bertz CT molecular complexity index is 1380. The van der Waals surface area contributed by atoms with E-state index >= 15 is 0 Å². The highest BCUT2D eigenvalue weighted by Gasteiger charge is 2.30. The van der Waals surface area contributed by atoms with Gasteiger partial charge in [-0.05, 0) is 48.7 Å². The summed E-state index contributed by atoms with van der Waals surface area (Å²) in [6, 6.07) is 20.8. The Morgan fingerprint density at radius 3 is 2.23 bits per heavy atom. The second kappa shape index (κ2) is 13.8. The number of benzene rings is 3. The smallest absolute Gasteiger partial charge is 0.242 e. The Balaban J connectivity index is 1.86. The van der Waals surface area contributed by atoms with Crippen molar-refractivity contribution in [3.63, 3.8) is 0 Å². The molecule has 0 aliphatic carbocycles. The Kier molecular flexibility index (Phi) is 10.8. The van der Waals surface area contributed by atoms with Gasteiger partial charge in [0.25, 0.3) is 0 Å². The fourth-order valence-electron chi connectivity index (χ4n) is 4.27. The van der Waals surface area contributed by atoms with Gasteiger partial charge in [0.05, 0.1) is 11.9 Å². The molecule has 208 valence electrons. The van der Waals surface area contributed by atoms with Gasteiger partial charge in [-0.1, -0.05) is 77.3 Å². The third-order valence-electron chi connectivity index (χ3n) is 6.35. The average molecular weight is 591 g/mol. The number of anilines is 1. The minimum Gasteiger partial charge on any atom is -0.357 e. The van der Waals surface area contributed by atoms with Crippen LogP contribution < -0.4 is 9.62 Å². The van der Waals surface area contributed by atoms with Crippen molar-refractivity contribution < 1.29 is 18.0 Å². The molecule has 1 N–H and O–H groups in total. The van der Waals surface area contributed by atoms with Crippen LogP contribution in [-0.2, 0) is 32.6 Å². The normalized spacial score (nSPS) is 12.0. The van der Waals surface area contributed by atoms with Crippen molar-refractivity contribution in [1.29, 1.82) is 0 Å². The highest BCUT2D eigenvalue weighted by atomic mass is 35.5. The summed E-state index contributed by atoms with van der Waals surface area (Å²) in [7, 11) is -2.04. The van der Waals surface area contributed by atoms with E-state index in [4.69, 9.17) is 23.2 Å². The zero-order valence-electron chi connectivity index (χ0n) is 22.2. The van der Waals surface area contributed by atoms with Crippen molar-refractivity contribution in [3.8, 4) is 0 Å². The molecule has 0 spiro atoms. The first-order chi connectivity index (χ1) is 18.5. The van der Waals surface area contributed by atoms with Crippen LogP contribution in [0.1, 0.15) is 29.5 Å². The van der Waals surface area contributed by atoms with Crippen molar-refractivity contribution in [2.45, 2.75) is 38.8 Å².